The number of ether oxygens (including phenoxy) is 1. The van der Waals surface area contributed by atoms with E-state index in [1.807, 2.05) is 0 Å². The summed E-state index contributed by atoms with van der Waals surface area (Å²) >= 11 is 6.11. The van der Waals surface area contributed by atoms with Gasteiger partial charge >= 0.3 is 0 Å². The molecular formula is C21H14Br2F2N2O3. The average molecular weight is 540 g/mol. The summed E-state index contributed by atoms with van der Waals surface area (Å²) in [5.74, 6) is -2.37. The van der Waals surface area contributed by atoms with Crippen molar-refractivity contribution in [2.45, 2.75) is 0 Å². The lowest BCUT2D eigenvalue weighted by molar-refractivity contribution is 0.102. The SMILES string of the molecule is COc1ccc(C(=O)Nc2cccc(Br)c2F)cc1C(=O)Nc1cccc(Br)c1F. The van der Waals surface area contributed by atoms with E-state index in [0.29, 0.717) is 0 Å². The summed E-state index contributed by atoms with van der Waals surface area (Å²) in [6.45, 7) is 0. The molecule has 0 saturated carbocycles. The van der Waals surface area contributed by atoms with Crippen LogP contribution in [0.5, 0.6) is 5.75 Å². The van der Waals surface area contributed by atoms with Gasteiger partial charge in [-0.15, -0.1) is 0 Å². The number of nitrogens with one attached hydrogen (secondary N) is 2. The lowest BCUT2D eigenvalue weighted by atomic mass is 10.1. The second kappa shape index (κ2) is 9.36. The minimum Gasteiger partial charge on any atom is -0.496 e. The summed E-state index contributed by atoms with van der Waals surface area (Å²) in [7, 11) is 1.36. The van der Waals surface area contributed by atoms with Crippen molar-refractivity contribution in [2.24, 2.45) is 0 Å². The minimum absolute atomic E-state index is 0.0132. The van der Waals surface area contributed by atoms with Gasteiger partial charge in [0.1, 0.15) is 5.75 Å². The molecule has 5 nitrogen and oxygen atoms in total. The van der Waals surface area contributed by atoms with Crippen molar-refractivity contribution in [3.05, 3.63) is 86.3 Å². The first-order chi connectivity index (χ1) is 14.3. The fourth-order valence-corrected chi connectivity index (χ4v) is 3.34. The number of hydrogen-bond acceptors (Lipinski definition) is 3. The molecule has 0 bridgehead atoms. The van der Waals surface area contributed by atoms with Gasteiger partial charge in [-0.3, -0.25) is 9.59 Å². The molecule has 0 aromatic heterocycles. The maximum Gasteiger partial charge on any atom is 0.259 e. The highest BCUT2D eigenvalue weighted by Crippen LogP contribution is 2.27. The minimum atomic E-state index is -0.674. The zero-order chi connectivity index (χ0) is 21.8. The maximum absolute atomic E-state index is 14.2. The smallest absolute Gasteiger partial charge is 0.259 e. The molecule has 0 aliphatic rings. The topological polar surface area (TPSA) is 67.4 Å². The predicted molar refractivity (Wildman–Crippen MR) is 117 cm³/mol. The van der Waals surface area contributed by atoms with E-state index >= 15 is 0 Å². The number of halogens is 4. The van der Waals surface area contributed by atoms with Crippen molar-refractivity contribution < 1.29 is 23.1 Å². The third kappa shape index (κ3) is 4.68. The van der Waals surface area contributed by atoms with Crippen molar-refractivity contribution in [3.8, 4) is 5.75 Å². The highest BCUT2D eigenvalue weighted by Gasteiger charge is 2.19. The van der Waals surface area contributed by atoms with Gasteiger partial charge in [0.25, 0.3) is 11.8 Å². The van der Waals surface area contributed by atoms with Crippen LogP contribution in [0.15, 0.2) is 63.5 Å². The third-order valence-electron chi connectivity index (χ3n) is 4.11. The molecule has 30 heavy (non-hydrogen) atoms. The Morgan fingerprint density at radius 2 is 1.37 bits per heavy atom. The molecule has 3 aromatic rings. The van der Waals surface area contributed by atoms with E-state index in [1.54, 1.807) is 12.1 Å². The fraction of sp³-hybridized carbons (Fsp3) is 0.0476. The van der Waals surface area contributed by atoms with Crippen LogP contribution in [-0.4, -0.2) is 18.9 Å². The first-order valence-corrected chi connectivity index (χ1v) is 10.1. The van der Waals surface area contributed by atoms with Crippen LogP contribution in [0.3, 0.4) is 0 Å². The number of rotatable bonds is 5. The van der Waals surface area contributed by atoms with E-state index in [1.165, 1.54) is 49.6 Å². The predicted octanol–water partition coefficient (Wildman–Crippen LogP) is 6.00. The summed E-state index contributed by atoms with van der Waals surface area (Å²) in [6, 6.07) is 13.1. The van der Waals surface area contributed by atoms with Crippen molar-refractivity contribution >= 4 is 55.0 Å². The van der Waals surface area contributed by atoms with Gasteiger partial charge in [-0.05, 0) is 74.3 Å². The number of methoxy groups -OCH3 is 1. The first-order valence-electron chi connectivity index (χ1n) is 8.50. The third-order valence-corrected chi connectivity index (χ3v) is 5.33. The molecule has 0 heterocycles. The molecule has 3 rings (SSSR count). The summed E-state index contributed by atoms with van der Waals surface area (Å²) in [4.78, 5) is 25.3. The number of amides is 2. The molecule has 0 saturated heterocycles. The highest BCUT2D eigenvalue weighted by molar-refractivity contribution is 9.10. The molecule has 2 N–H and O–H groups in total. The largest absolute Gasteiger partial charge is 0.496 e. The second-order valence-corrected chi connectivity index (χ2v) is 7.73. The fourth-order valence-electron chi connectivity index (χ4n) is 2.61. The Balaban J connectivity index is 1.89. The Morgan fingerprint density at radius 3 is 1.90 bits per heavy atom. The highest BCUT2D eigenvalue weighted by atomic mass is 79.9. The molecule has 0 fully saturated rings. The molecule has 154 valence electrons. The van der Waals surface area contributed by atoms with E-state index in [0.717, 1.165) is 0 Å². The van der Waals surface area contributed by atoms with Crippen LogP contribution in [0, 0.1) is 11.6 Å². The Bertz CT molecular complexity index is 1140. The van der Waals surface area contributed by atoms with Gasteiger partial charge < -0.3 is 15.4 Å². The Labute approximate surface area is 187 Å². The van der Waals surface area contributed by atoms with Crippen LogP contribution in [0.1, 0.15) is 20.7 Å². The van der Waals surface area contributed by atoms with E-state index in [2.05, 4.69) is 42.5 Å². The number of anilines is 2. The molecule has 0 atom stereocenters. The lowest BCUT2D eigenvalue weighted by Crippen LogP contribution is -2.17. The molecular weight excluding hydrogens is 526 g/mol. The van der Waals surface area contributed by atoms with E-state index in [4.69, 9.17) is 4.74 Å². The second-order valence-electron chi connectivity index (χ2n) is 6.03. The summed E-state index contributed by atoms with van der Waals surface area (Å²) in [5, 5.41) is 4.91. The Hall–Kier alpha value is -2.78. The molecule has 0 spiro atoms. The molecule has 3 aromatic carbocycles. The van der Waals surface area contributed by atoms with Crippen LogP contribution in [-0.2, 0) is 0 Å². The van der Waals surface area contributed by atoms with Gasteiger partial charge in [0.2, 0.25) is 0 Å². The average Bonchev–Trinajstić information content (AvgIpc) is 2.74. The van der Waals surface area contributed by atoms with Gasteiger partial charge in [0.15, 0.2) is 11.6 Å². The lowest BCUT2D eigenvalue weighted by Gasteiger charge is -2.13. The molecule has 0 aliphatic carbocycles. The Kier molecular flexibility index (Phi) is 6.84. The first kappa shape index (κ1) is 21.9. The molecule has 0 aliphatic heterocycles. The summed E-state index contributed by atoms with van der Waals surface area (Å²) in [6.07, 6.45) is 0. The monoisotopic (exact) mass is 538 g/mol. The number of benzene rings is 3. The maximum atomic E-state index is 14.2. The van der Waals surface area contributed by atoms with Crippen LogP contribution in [0.25, 0.3) is 0 Å². The molecule has 9 heteroatoms. The van der Waals surface area contributed by atoms with E-state index < -0.39 is 23.4 Å². The van der Waals surface area contributed by atoms with Gasteiger partial charge in [0.05, 0.1) is 33.0 Å². The van der Waals surface area contributed by atoms with Crippen LogP contribution >= 0.6 is 31.9 Å². The van der Waals surface area contributed by atoms with Crippen molar-refractivity contribution in [1.29, 1.82) is 0 Å². The normalized spacial score (nSPS) is 10.4. The Morgan fingerprint density at radius 1 is 0.833 bits per heavy atom. The van der Waals surface area contributed by atoms with Crippen LogP contribution in [0.4, 0.5) is 20.2 Å². The summed E-state index contributed by atoms with van der Waals surface area (Å²) in [5.41, 5.74) is 0.0455. The van der Waals surface area contributed by atoms with Crippen molar-refractivity contribution in [3.63, 3.8) is 0 Å². The summed E-state index contributed by atoms with van der Waals surface area (Å²) < 4.78 is 33.9. The molecule has 0 radical (unpaired) electrons. The van der Waals surface area contributed by atoms with Gasteiger partial charge in [-0.1, -0.05) is 12.1 Å². The van der Waals surface area contributed by atoms with Crippen LogP contribution in [0.2, 0.25) is 0 Å². The zero-order valence-electron chi connectivity index (χ0n) is 15.4. The van der Waals surface area contributed by atoms with Crippen molar-refractivity contribution in [2.75, 3.05) is 17.7 Å². The number of carbonyl (C=O) groups excluding carboxylic acids is 2. The van der Waals surface area contributed by atoms with Crippen LogP contribution < -0.4 is 15.4 Å². The number of carbonyl (C=O) groups is 2. The molecule has 2 amide bonds. The van der Waals surface area contributed by atoms with E-state index in [9.17, 15) is 18.4 Å². The molecule has 0 unspecified atom stereocenters. The van der Waals surface area contributed by atoms with Gasteiger partial charge in [0, 0.05) is 5.56 Å². The zero-order valence-corrected chi connectivity index (χ0v) is 18.6. The standard InChI is InChI=1S/C21H14Br2F2N2O3/c1-30-17-9-8-11(20(28)26-15-6-2-4-13(22)18(15)24)10-12(17)21(29)27-16-7-3-5-14(23)19(16)25/h2-10H,1H3,(H,26,28)(H,27,29). The van der Waals surface area contributed by atoms with Gasteiger partial charge in [-0.2, -0.15) is 0 Å². The van der Waals surface area contributed by atoms with E-state index in [-0.39, 0.29) is 37.2 Å². The van der Waals surface area contributed by atoms with Gasteiger partial charge in [-0.25, -0.2) is 8.78 Å². The number of hydrogen-bond donors (Lipinski definition) is 2. The van der Waals surface area contributed by atoms with Crippen molar-refractivity contribution in [1.82, 2.24) is 0 Å². The quantitative estimate of drug-likeness (QED) is 0.417.